The highest BCUT2D eigenvalue weighted by atomic mass is 28.3. The Kier molecular flexibility index (Phi) is 10.4. The second kappa shape index (κ2) is 15.0. The minimum Gasteiger partial charge on any atom is -0.508 e. The largest absolute Gasteiger partial charge is 0.508 e. The number of aromatic hydroxyl groups is 1. The maximum absolute atomic E-state index is 17.6. The molecule has 3 atom stereocenters. The maximum atomic E-state index is 17.6. The minimum absolute atomic E-state index is 0.0302. The van der Waals surface area contributed by atoms with Crippen molar-refractivity contribution in [3.05, 3.63) is 41.5 Å². The Morgan fingerprint density at radius 2 is 1.77 bits per heavy atom. The number of fused-ring (bicyclic) bond motifs is 4. The lowest BCUT2D eigenvalue weighted by Gasteiger charge is -2.38. The van der Waals surface area contributed by atoms with Gasteiger partial charge in [-0.25, -0.2) is 18.2 Å². The van der Waals surface area contributed by atoms with E-state index in [1.165, 1.54) is 18.2 Å². The molecule has 4 aromatic rings. The molecule has 0 saturated carbocycles. The van der Waals surface area contributed by atoms with E-state index in [0.717, 1.165) is 32.2 Å². The van der Waals surface area contributed by atoms with Gasteiger partial charge in [0.1, 0.15) is 61.4 Å². The molecule has 0 amide bonds. The number of pyridine rings is 1. The number of phenolic OH excluding ortho intramolecular Hbond substituents is 1. The van der Waals surface area contributed by atoms with Crippen LogP contribution in [0.3, 0.4) is 0 Å². The molecular formula is C43H52F3N5O4Si. The number of phenols is 1. The van der Waals surface area contributed by atoms with Crippen LogP contribution < -0.4 is 14.4 Å². The highest BCUT2D eigenvalue weighted by Crippen LogP contribution is 2.45. The number of hydrogen-bond acceptors (Lipinski definition) is 9. The zero-order chi connectivity index (χ0) is 39.5. The van der Waals surface area contributed by atoms with E-state index in [0.29, 0.717) is 71.3 Å². The van der Waals surface area contributed by atoms with Crippen LogP contribution in [0.25, 0.3) is 32.9 Å². The number of ether oxygens (including phenoxy) is 3. The van der Waals surface area contributed by atoms with Crippen LogP contribution in [0.1, 0.15) is 79.2 Å². The van der Waals surface area contributed by atoms with Crippen molar-refractivity contribution >= 4 is 35.6 Å². The third-order valence-electron chi connectivity index (χ3n) is 12.9. The Morgan fingerprint density at radius 1 is 0.982 bits per heavy atom. The van der Waals surface area contributed by atoms with E-state index in [4.69, 9.17) is 24.2 Å². The smallest absolute Gasteiger partial charge is 0.319 e. The van der Waals surface area contributed by atoms with Crippen molar-refractivity contribution in [1.29, 1.82) is 0 Å². The van der Waals surface area contributed by atoms with Gasteiger partial charge in [-0.15, -0.1) is 5.54 Å². The summed E-state index contributed by atoms with van der Waals surface area (Å²) < 4.78 is 67.2. The van der Waals surface area contributed by atoms with E-state index in [1.807, 2.05) is 0 Å². The lowest BCUT2D eigenvalue weighted by molar-refractivity contribution is 0.0912. The summed E-state index contributed by atoms with van der Waals surface area (Å²) in [6.07, 6.45) is 2.83. The van der Waals surface area contributed by atoms with Crippen LogP contribution in [0.2, 0.25) is 16.6 Å². The van der Waals surface area contributed by atoms with E-state index >= 15 is 8.78 Å². The van der Waals surface area contributed by atoms with Crippen LogP contribution in [0.4, 0.5) is 19.0 Å². The first-order valence-electron chi connectivity index (χ1n) is 20.2. The van der Waals surface area contributed by atoms with Crippen LogP contribution in [-0.2, 0) is 4.74 Å². The van der Waals surface area contributed by atoms with Crippen LogP contribution in [0.15, 0.2) is 24.3 Å². The molecule has 0 spiro atoms. The number of benzene rings is 2. The van der Waals surface area contributed by atoms with Crippen molar-refractivity contribution in [2.45, 2.75) is 108 Å². The summed E-state index contributed by atoms with van der Waals surface area (Å²) in [5, 5.41) is 12.2. The standard InChI is InChI=1S/C43H52F3N5O4Si/c1-25(2)56(26(3)4,27(5)6)17-12-32-34(45)11-10-28-18-31(52)19-33(35(28)32)38-37(46)39-36-40(51-15-7-8-16-53-22-30(51)23-54-41(36)47-38)49-42(48-39)55-24-43-13-9-14-50(43)21-29(44)20-43/h10-11,18-19,25-27,29-30,52H,7-9,13-16,20-24H2,1-6H3/t29-,30-,43+/m1/s1. The number of alkyl halides is 1. The molecule has 4 aliphatic rings. The molecule has 298 valence electrons. The van der Waals surface area contributed by atoms with Crippen LogP contribution in [0, 0.1) is 23.1 Å². The van der Waals surface area contributed by atoms with Crippen molar-refractivity contribution in [3.8, 4) is 40.4 Å². The average molecular weight is 788 g/mol. The predicted octanol–water partition coefficient (Wildman–Crippen LogP) is 8.73. The molecule has 9 nitrogen and oxygen atoms in total. The molecule has 0 radical (unpaired) electrons. The monoisotopic (exact) mass is 787 g/mol. The molecule has 0 unspecified atom stereocenters. The van der Waals surface area contributed by atoms with Gasteiger partial charge in [0, 0.05) is 37.1 Å². The Balaban J connectivity index is 1.34. The molecule has 4 aliphatic heterocycles. The molecule has 6 heterocycles. The van der Waals surface area contributed by atoms with Crippen molar-refractivity contribution < 1.29 is 32.5 Å². The van der Waals surface area contributed by atoms with Crippen molar-refractivity contribution in [2.75, 3.05) is 51.0 Å². The fourth-order valence-electron chi connectivity index (χ4n) is 10.2. The van der Waals surface area contributed by atoms with Gasteiger partial charge in [0.05, 0.1) is 23.8 Å². The van der Waals surface area contributed by atoms with Crippen LogP contribution in [-0.4, -0.2) is 96.8 Å². The first-order chi connectivity index (χ1) is 26.8. The Hall–Kier alpha value is -4.12. The molecular weight excluding hydrogens is 736 g/mol. The van der Waals surface area contributed by atoms with E-state index in [1.54, 1.807) is 6.07 Å². The van der Waals surface area contributed by atoms with Crippen molar-refractivity contribution in [3.63, 3.8) is 0 Å². The number of anilines is 1. The van der Waals surface area contributed by atoms with E-state index in [9.17, 15) is 9.50 Å². The zero-order valence-electron chi connectivity index (χ0n) is 33.2. The summed E-state index contributed by atoms with van der Waals surface area (Å²) in [4.78, 5) is 18.6. The second-order valence-electron chi connectivity index (χ2n) is 17.1. The highest BCUT2D eigenvalue weighted by molar-refractivity contribution is 6.90. The number of halogens is 3. The van der Waals surface area contributed by atoms with Crippen molar-refractivity contribution in [1.82, 2.24) is 19.9 Å². The molecule has 56 heavy (non-hydrogen) atoms. The van der Waals surface area contributed by atoms with Crippen molar-refractivity contribution in [2.24, 2.45) is 0 Å². The number of nitrogens with zero attached hydrogens (tertiary/aromatic N) is 5. The number of aromatic nitrogens is 3. The number of hydrogen-bond donors (Lipinski definition) is 1. The van der Waals surface area contributed by atoms with E-state index < -0.39 is 31.4 Å². The van der Waals surface area contributed by atoms with Gasteiger partial charge in [-0.1, -0.05) is 53.5 Å². The van der Waals surface area contributed by atoms with E-state index in [-0.39, 0.29) is 59.2 Å². The van der Waals surface area contributed by atoms with Gasteiger partial charge in [-0.3, -0.25) is 4.90 Å². The second-order valence-corrected chi connectivity index (χ2v) is 22.7. The molecule has 2 aromatic carbocycles. The van der Waals surface area contributed by atoms with E-state index in [2.05, 4.69) is 67.8 Å². The Labute approximate surface area is 328 Å². The third-order valence-corrected chi connectivity index (χ3v) is 19.2. The van der Waals surface area contributed by atoms with Gasteiger partial charge in [0.2, 0.25) is 5.88 Å². The average Bonchev–Trinajstić information content (AvgIpc) is 3.62. The maximum Gasteiger partial charge on any atom is 0.319 e. The summed E-state index contributed by atoms with van der Waals surface area (Å²) in [5.41, 5.74) is 4.12. The normalized spacial score (nSPS) is 22.8. The SMILES string of the molecule is CC(C)[Si](C#Cc1c(F)ccc2cc(O)cc(-c3nc4c5c(nc(OC[C@@]67CCCN6C[C@H](F)C7)nc5c3F)N3CCCCOC[C@@H]3CO4)c12)(C(C)C)C(C)C. The fourth-order valence-corrected chi connectivity index (χ4v) is 15.4. The van der Waals surface area contributed by atoms with Gasteiger partial charge in [0.25, 0.3) is 0 Å². The lowest BCUT2D eigenvalue weighted by Crippen LogP contribution is -2.45. The zero-order valence-corrected chi connectivity index (χ0v) is 34.2. The molecule has 3 fully saturated rings. The summed E-state index contributed by atoms with van der Waals surface area (Å²) in [7, 11) is -2.31. The molecule has 13 heteroatoms. The quantitative estimate of drug-likeness (QED) is 0.146. The van der Waals surface area contributed by atoms with Crippen LogP contribution >= 0.6 is 0 Å². The van der Waals surface area contributed by atoms with Crippen LogP contribution in [0.5, 0.6) is 17.6 Å². The molecule has 2 aromatic heterocycles. The summed E-state index contributed by atoms with van der Waals surface area (Å²) in [6, 6.07) is 5.55. The molecule has 0 aliphatic carbocycles. The first kappa shape index (κ1) is 38.7. The molecule has 0 bridgehead atoms. The summed E-state index contributed by atoms with van der Waals surface area (Å²) in [6.45, 7) is 16.3. The minimum atomic E-state index is -2.31. The lowest BCUT2D eigenvalue weighted by atomic mass is 9.95. The fraction of sp³-hybridized carbons (Fsp3) is 0.558. The van der Waals surface area contributed by atoms with Gasteiger partial charge in [-0.2, -0.15) is 9.97 Å². The van der Waals surface area contributed by atoms with Gasteiger partial charge >= 0.3 is 6.01 Å². The molecule has 3 saturated heterocycles. The van der Waals surface area contributed by atoms with Gasteiger partial charge in [-0.05, 0) is 72.4 Å². The number of rotatable bonds is 7. The summed E-state index contributed by atoms with van der Waals surface area (Å²) in [5.74, 6) is 2.35. The predicted molar refractivity (Wildman–Crippen MR) is 215 cm³/mol. The van der Waals surface area contributed by atoms with Gasteiger partial charge < -0.3 is 24.2 Å². The molecule has 1 N–H and O–H groups in total. The summed E-state index contributed by atoms with van der Waals surface area (Å²) >= 11 is 0. The van der Waals surface area contributed by atoms with Gasteiger partial charge in [0.15, 0.2) is 5.82 Å². The Morgan fingerprint density at radius 3 is 2.54 bits per heavy atom. The Bertz CT molecular complexity index is 2210. The first-order valence-corrected chi connectivity index (χ1v) is 22.4. The topological polar surface area (TPSA) is 93.1 Å². The highest BCUT2D eigenvalue weighted by Gasteiger charge is 2.49. The molecule has 8 rings (SSSR count). The third kappa shape index (κ3) is 6.55.